The minimum Gasteiger partial charge on any atom is -0.410 e. The third-order valence-electron chi connectivity index (χ3n) is 3.28. The van der Waals surface area contributed by atoms with Gasteiger partial charge in [0.15, 0.2) is 0 Å². The van der Waals surface area contributed by atoms with Gasteiger partial charge in [-0.2, -0.15) is 0 Å². The highest BCUT2D eigenvalue weighted by Crippen LogP contribution is 2.16. The van der Waals surface area contributed by atoms with Gasteiger partial charge in [-0.15, -0.1) is 0 Å². The number of anilines is 2. The van der Waals surface area contributed by atoms with Crippen molar-refractivity contribution in [3.8, 4) is 5.75 Å². The zero-order chi connectivity index (χ0) is 15.2. The SMILES string of the molecule is O=C(Nc1ccc(N2CCOCC2)nc1)Oc1ccccc1. The lowest BCUT2D eigenvalue weighted by molar-refractivity contribution is 0.122. The molecule has 0 atom stereocenters. The van der Waals surface area contributed by atoms with Crippen LogP contribution in [0.1, 0.15) is 0 Å². The summed E-state index contributed by atoms with van der Waals surface area (Å²) in [6.45, 7) is 3.09. The highest BCUT2D eigenvalue weighted by Gasteiger charge is 2.12. The first-order valence-corrected chi connectivity index (χ1v) is 7.14. The summed E-state index contributed by atoms with van der Waals surface area (Å²) in [5.41, 5.74) is 0.595. The van der Waals surface area contributed by atoms with Crippen molar-refractivity contribution < 1.29 is 14.3 Å². The average molecular weight is 299 g/mol. The van der Waals surface area contributed by atoms with Crippen LogP contribution in [-0.2, 0) is 4.74 Å². The van der Waals surface area contributed by atoms with Crippen molar-refractivity contribution in [1.29, 1.82) is 0 Å². The van der Waals surface area contributed by atoms with Gasteiger partial charge in [0.25, 0.3) is 0 Å². The number of hydrogen-bond donors (Lipinski definition) is 1. The lowest BCUT2D eigenvalue weighted by Gasteiger charge is -2.27. The van der Waals surface area contributed by atoms with E-state index in [9.17, 15) is 4.79 Å². The Morgan fingerprint density at radius 3 is 2.59 bits per heavy atom. The molecule has 3 rings (SSSR count). The van der Waals surface area contributed by atoms with Gasteiger partial charge in [-0.3, -0.25) is 5.32 Å². The van der Waals surface area contributed by atoms with Crippen molar-refractivity contribution in [3.63, 3.8) is 0 Å². The van der Waals surface area contributed by atoms with E-state index in [1.54, 1.807) is 30.5 Å². The third-order valence-corrected chi connectivity index (χ3v) is 3.28. The standard InChI is InChI=1S/C16H17N3O3/c20-16(22-14-4-2-1-3-5-14)18-13-6-7-15(17-12-13)19-8-10-21-11-9-19/h1-7,12H,8-11H2,(H,18,20). The zero-order valence-electron chi connectivity index (χ0n) is 12.1. The first-order chi connectivity index (χ1) is 10.8. The molecule has 0 spiro atoms. The monoisotopic (exact) mass is 299 g/mol. The molecule has 6 nitrogen and oxygen atoms in total. The van der Waals surface area contributed by atoms with Gasteiger partial charge in [-0.05, 0) is 24.3 Å². The highest BCUT2D eigenvalue weighted by atomic mass is 16.6. The van der Waals surface area contributed by atoms with E-state index < -0.39 is 6.09 Å². The smallest absolute Gasteiger partial charge is 0.410 e. The second-order valence-electron chi connectivity index (χ2n) is 4.83. The number of pyridine rings is 1. The van der Waals surface area contributed by atoms with Gasteiger partial charge in [0.1, 0.15) is 11.6 Å². The van der Waals surface area contributed by atoms with E-state index in [4.69, 9.17) is 9.47 Å². The van der Waals surface area contributed by atoms with Crippen molar-refractivity contribution in [2.45, 2.75) is 0 Å². The van der Waals surface area contributed by atoms with E-state index in [2.05, 4.69) is 15.2 Å². The van der Waals surface area contributed by atoms with Gasteiger partial charge in [0.2, 0.25) is 0 Å². The summed E-state index contributed by atoms with van der Waals surface area (Å²) in [5, 5.41) is 2.65. The maximum Gasteiger partial charge on any atom is 0.417 e. The fourth-order valence-electron chi connectivity index (χ4n) is 2.18. The van der Waals surface area contributed by atoms with E-state index >= 15 is 0 Å². The summed E-state index contributed by atoms with van der Waals surface area (Å²) in [6, 6.07) is 12.6. The van der Waals surface area contributed by atoms with Crippen LogP contribution < -0.4 is 15.0 Å². The Labute approximate surface area is 128 Å². The van der Waals surface area contributed by atoms with Crippen LogP contribution in [0, 0.1) is 0 Å². The van der Waals surface area contributed by atoms with Crippen molar-refractivity contribution in [2.75, 3.05) is 36.5 Å². The number of para-hydroxylation sites is 1. The normalized spacial score (nSPS) is 14.5. The Morgan fingerprint density at radius 2 is 1.91 bits per heavy atom. The van der Waals surface area contributed by atoms with Crippen molar-refractivity contribution in [1.82, 2.24) is 4.98 Å². The Balaban J connectivity index is 1.57. The van der Waals surface area contributed by atoms with Crippen molar-refractivity contribution >= 4 is 17.6 Å². The largest absolute Gasteiger partial charge is 0.417 e. The average Bonchev–Trinajstić information content (AvgIpc) is 2.57. The summed E-state index contributed by atoms with van der Waals surface area (Å²) < 4.78 is 10.5. The number of carbonyl (C=O) groups is 1. The molecule has 0 unspecified atom stereocenters. The fourth-order valence-corrected chi connectivity index (χ4v) is 2.18. The molecule has 2 aromatic rings. The van der Waals surface area contributed by atoms with E-state index in [0.29, 0.717) is 24.7 Å². The molecule has 1 aliphatic heterocycles. The summed E-state index contributed by atoms with van der Waals surface area (Å²) in [7, 11) is 0. The Hall–Kier alpha value is -2.60. The molecule has 1 aromatic carbocycles. The van der Waals surface area contributed by atoms with Crippen LogP contribution in [0.5, 0.6) is 5.75 Å². The minimum absolute atomic E-state index is 0.498. The number of ether oxygens (including phenoxy) is 2. The number of benzene rings is 1. The van der Waals surface area contributed by atoms with Gasteiger partial charge in [-0.1, -0.05) is 18.2 Å². The molecule has 0 aliphatic carbocycles. The fraction of sp³-hybridized carbons (Fsp3) is 0.250. The molecule has 6 heteroatoms. The van der Waals surface area contributed by atoms with E-state index in [1.807, 2.05) is 18.2 Å². The number of nitrogens with one attached hydrogen (secondary N) is 1. The van der Waals surface area contributed by atoms with E-state index in [-0.39, 0.29) is 0 Å². The molecule has 1 aliphatic rings. The topological polar surface area (TPSA) is 63.7 Å². The number of hydrogen-bond acceptors (Lipinski definition) is 5. The molecule has 0 saturated carbocycles. The second kappa shape index (κ2) is 6.91. The number of morpholine rings is 1. The molecule has 1 N–H and O–H groups in total. The van der Waals surface area contributed by atoms with Crippen LogP contribution in [0.25, 0.3) is 0 Å². The molecular weight excluding hydrogens is 282 g/mol. The Kier molecular flexibility index (Phi) is 4.50. The predicted molar refractivity (Wildman–Crippen MR) is 83.4 cm³/mol. The molecular formula is C16H17N3O3. The van der Waals surface area contributed by atoms with Crippen LogP contribution >= 0.6 is 0 Å². The molecule has 1 fully saturated rings. The predicted octanol–water partition coefficient (Wildman–Crippen LogP) is 2.53. The Bertz CT molecular complexity index is 610. The summed E-state index contributed by atoms with van der Waals surface area (Å²) in [6.07, 6.45) is 1.09. The third kappa shape index (κ3) is 3.73. The van der Waals surface area contributed by atoms with Crippen LogP contribution in [0.2, 0.25) is 0 Å². The lowest BCUT2D eigenvalue weighted by Crippen LogP contribution is -2.36. The Morgan fingerprint density at radius 1 is 1.14 bits per heavy atom. The molecule has 0 radical (unpaired) electrons. The van der Waals surface area contributed by atoms with Crippen LogP contribution in [0.15, 0.2) is 48.7 Å². The molecule has 2 heterocycles. The lowest BCUT2D eigenvalue weighted by atomic mass is 10.3. The number of aromatic nitrogens is 1. The van der Waals surface area contributed by atoms with Crippen molar-refractivity contribution in [3.05, 3.63) is 48.7 Å². The second-order valence-corrected chi connectivity index (χ2v) is 4.83. The van der Waals surface area contributed by atoms with Crippen LogP contribution in [-0.4, -0.2) is 37.4 Å². The van der Waals surface area contributed by atoms with E-state index in [1.165, 1.54) is 0 Å². The van der Waals surface area contributed by atoms with Crippen LogP contribution in [0.3, 0.4) is 0 Å². The summed E-state index contributed by atoms with van der Waals surface area (Å²) in [4.78, 5) is 18.3. The number of rotatable bonds is 3. The highest BCUT2D eigenvalue weighted by molar-refractivity contribution is 5.86. The molecule has 1 amide bonds. The van der Waals surface area contributed by atoms with E-state index in [0.717, 1.165) is 18.9 Å². The number of carbonyl (C=O) groups excluding carboxylic acids is 1. The van der Waals surface area contributed by atoms with Gasteiger partial charge < -0.3 is 14.4 Å². The van der Waals surface area contributed by atoms with Gasteiger partial charge in [0.05, 0.1) is 25.1 Å². The van der Waals surface area contributed by atoms with Crippen molar-refractivity contribution in [2.24, 2.45) is 0 Å². The summed E-state index contributed by atoms with van der Waals surface area (Å²) in [5.74, 6) is 1.38. The first kappa shape index (κ1) is 14.3. The molecule has 1 saturated heterocycles. The number of nitrogens with zero attached hydrogens (tertiary/aromatic N) is 2. The molecule has 0 bridgehead atoms. The van der Waals surface area contributed by atoms with Gasteiger partial charge >= 0.3 is 6.09 Å². The van der Waals surface area contributed by atoms with Gasteiger partial charge in [-0.25, -0.2) is 9.78 Å². The molecule has 1 aromatic heterocycles. The maximum absolute atomic E-state index is 11.8. The van der Waals surface area contributed by atoms with Crippen LogP contribution in [0.4, 0.5) is 16.3 Å². The zero-order valence-corrected chi connectivity index (χ0v) is 12.1. The minimum atomic E-state index is -0.535. The first-order valence-electron chi connectivity index (χ1n) is 7.14. The van der Waals surface area contributed by atoms with Gasteiger partial charge in [0, 0.05) is 13.1 Å². The summed E-state index contributed by atoms with van der Waals surface area (Å²) >= 11 is 0. The quantitative estimate of drug-likeness (QED) is 0.943. The molecule has 114 valence electrons. The number of amides is 1. The molecule has 22 heavy (non-hydrogen) atoms. The maximum atomic E-state index is 11.8.